The molecule has 0 amide bonds. The summed E-state index contributed by atoms with van der Waals surface area (Å²) in [5, 5.41) is 24.5. The van der Waals surface area contributed by atoms with Gasteiger partial charge in [-0.1, -0.05) is 35.0 Å². The fourth-order valence-corrected chi connectivity index (χ4v) is 3.49. The summed E-state index contributed by atoms with van der Waals surface area (Å²) in [5.74, 6) is 1.46. The normalized spacial score (nSPS) is 12.1. The third-order valence-electron chi connectivity index (χ3n) is 3.59. The highest BCUT2D eigenvalue weighted by Gasteiger charge is 2.19. The van der Waals surface area contributed by atoms with Crippen LogP contribution in [0.2, 0.25) is 10.0 Å². The van der Waals surface area contributed by atoms with Gasteiger partial charge in [-0.25, -0.2) is 0 Å². The molecule has 0 saturated carbocycles. The SMILES string of the molecule is CC(Oc1ccc(Cl)cc1Cl)c1nnc(SCn2cc([N+](=O)[O-])cn2)n1C. The van der Waals surface area contributed by atoms with E-state index in [4.69, 9.17) is 27.9 Å². The van der Waals surface area contributed by atoms with Crippen LogP contribution in [0.3, 0.4) is 0 Å². The van der Waals surface area contributed by atoms with Gasteiger partial charge in [0.1, 0.15) is 18.1 Å². The molecule has 0 aliphatic heterocycles. The summed E-state index contributed by atoms with van der Waals surface area (Å²) < 4.78 is 9.11. The number of ether oxygens (including phenoxy) is 1. The van der Waals surface area contributed by atoms with E-state index in [-0.39, 0.29) is 5.69 Å². The zero-order valence-corrected chi connectivity index (χ0v) is 16.6. The fraction of sp³-hybridized carbons (Fsp3) is 0.267. The smallest absolute Gasteiger partial charge is 0.307 e. The molecule has 9 nitrogen and oxygen atoms in total. The van der Waals surface area contributed by atoms with Gasteiger partial charge in [-0.3, -0.25) is 14.8 Å². The molecule has 1 atom stereocenters. The number of thioether (sulfide) groups is 1. The molecule has 0 fully saturated rings. The maximum Gasteiger partial charge on any atom is 0.307 e. The molecular weight excluding hydrogens is 415 g/mol. The summed E-state index contributed by atoms with van der Waals surface area (Å²) in [4.78, 5) is 10.2. The second-order valence-corrected chi connectivity index (χ2v) is 7.26. The minimum atomic E-state index is -0.491. The van der Waals surface area contributed by atoms with Gasteiger partial charge in [0.25, 0.3) is 0 Å². The Balaban J connectivity index is 1.67. The van der Waals surface area contributed by atoms with Crippen LogP contribution in [-0.4, -0.2) is 29.5 Å². The highest BCUT2D eigenvalue weighted by molar-refractivity contribution is 7.98. The molecule has 1 unspecified atom stereocenters. The van der Waals surface area contributed by atoms with Crippen molar-refractivity contribution in [2.75, 3.05) is 0 Å². The van der Waals surface area contributed by atoms with E-state index in [9.17, 15) is 10.1 Å². The lowest BCUT2D eigenvalue weighted by atomic mass is 10.3. The van der Waals surface area contributed by atoms with Crippen LogP contribution in [0.25, 0.3) is 0 Å². The van der Waals surface area contributed by atoms with Crippen LogP contribution in [0.15, 0.2) is 35.7 Å². The summed E-state index contributed by atoms with van der Waals surface area (Å²) in [6.45, 7) is 1.83. The zero-order valence-electron chi connectivity index (χ0n) is 14.2. The highest BCUT2D eigenvalue weighted by atomic mass is 35.5. The lowest BCUT2D eigenvalue weighted by Gasteiger charge is -2.15. The minimum absolute atomic E-state index is 0.0591. The summed E-state index contributed by atoms with van der Waals surface area (Å²) in [6.07, 6.45) is 2.16. The van der Waals surface area contributed by atoms with Gasteiger partial charge in [0.15, 0.2) is 17.1 Å². The van der Waals surface area contributed by atoms with Crippen LogP contribution >= 0.6 is 35.0 Å². The topological polar surface area (TPSA) is 101 Å². The summed E-state index contributed by atoms with van der Waals surface area (Å²) in [5.41, 5.74) is -0.0591. The minimum Gasteiger partial charge on any atom is -0.481 e. The third-order valence-corrected chi connectivity index (χ3v) is 5.12. The molecule has 0 saturated heterocycles. The van der Waals surface area contributed by atoms with Gasteiger partial charge in [0.2, 0.25) is 0 Å². The molecule has 3 rings (SSSR count). The number of aromatic nitrogens is 5. The van der Waals surface area contributed by atoms with Gasteiger partial charge in [-0.15, -0.1) is 10.2 Å². The summed E-state index contributed by atoms with van der Waals surface area (Å²) in [7, 11) is 1.81. The number of rotatable bonds is 7. The van der Waals surface area contributed by atoms with E-state index in [2.05, 4.69) is 15.3 Å². The van der Waals surface area contributed by atoms with Crippen molar-refractivity contribution in [3.05, 3.63) is 56.6 Å². The van der Waals surface area contributed by atoms with Crippen molar-refractivity contribution in [1.29, 1.82) is 0 Å². The number of benzene rings is 1. The monoisotopic (exact) mass is 428 g/mol. The molecule has 27 heavy (non-hydrogen) atoms. The lowest BCUT2D eigenvalue weighted by Crippen LogP contribution is -2.10. The Hall–Kier alpha value is -2.30. The number of nitro groups is 1. The quantitative estimate of drug-likeness (QED) is 0.316. The molecule has 0 radical (unpaired) electrons. The van der Waals surface area contributed by atoms with E-state index in [0.29, 0.717) is 32.7 Å². The largest absolute Gasteiger partial charge is 0.481 e. The van der Waals surface area contributed by atoms with Crippen molar-refractivity contribution >= 4 is 40.7 Å². The second-order valence-electron chi connectivity index (χ2n) is 5.50. The van der Waals surface area contributed by atoms with E-state index in [1.165, 1.54) is 28.8 Å². The average Bonchev–Trinajstić information content (AvgIpc) is 3.22. The van der Waals surface area contributed by atoms with Crippen LogP contribution in [-0.2, 0) is 12.9 Å². The first kappa shape index (κ1) is 19.5. The van der Waals surface area contributed by atoms with E-state index >= 15 is 0 Å². The molecule has 0 aliphatic rings. The van der Waals surface area contributed by atoms with Crippen molar-refractivity contribution in [2.24, 2.45) is 7.05 Å². The molecule has 142 valence electrons. The standard InChI is InChI=1S/C15H14Cl2N6O3S/c1-9(26-13-4-3-10(16)5-12(13)17)14-19-20-15(21(14)2)27-8-22-7-11(6-18-22)23(24)25/h3-7,9H,8H2,1-2H3. The molecular formula is C15H14Cl2N6O3S. The molecule has 2 heterocycles. The third kappa shape index (κ3) is 4.52. The fourth-order valence-electron chi connectivity index (χ4n) is 2.26. The highest BCUT2D eigenvalue weighted by Crippen LogP contribution is 2.31. The van der Waals surface area contributed by atoms with Gasteiger partial charge in [-0.2, -0.15) is 5.10 Å². The Labute approximate surface area is 168 Å². The van der Waals surface area contributed by atoms with E-state index < -0.39 is 11.0 Å². The van der Waals surface area contributed by atoms with Crippen molar-refractivity contribution < 1.29 is 9.66 Å². The summed E-state index contributed by atoms with van der Waals surface area (Å²) >= 11 is 13.4. The van der Waals surface area contributed by atoms with Crippen LogP contribution < -0.4 is 4.74 Å². The van der Waals surface area contributed by atoms with Crippen LogP contribution in [0, 0.1) is 10.1 Å². The van der Waals surface area contributed by atoms with Crippen molar-refractivity contribution in [1.82, 2.24) is 24.5 Å². The molecule has 0 N–H and O–H groups in total. The molecule has 0 aliphatic carbocycles. The van der Waals surface area contributed by atoms with Gasteiger partial charge in [0, 0.05) is 12.1 Å². The second kappa shape index (κ2) is 8.15. The Morgan fingerprint density at radius 3 is 2.81 bits per heavy atom. The molecule has 3 aromatic rings. The number of hydrogen-bond acceptors (Lipinski definition) is 7. The van der Waals surface area contributed by atoms with E-state index in [1.807, 2.05) is 14.0 Å². The number of halogens is 2. The predicted molar refractivity (Wildman–Crippen MR) is 101 cm³/mol. The zero-order chi connectivity index (χ0) is 19.6. The van der Waals surface area contributed by atoms with Gasteiger partial charge < -0.3 is 9.30 Å². The van der Waals surface area contributed by atoms with Gasteiger partial charge in [-0.05, 0) is 25.1 Å². The van der Waals surface area contributed by atoms with Gasteiger partial charge in [0.05, 0.1) is 15.8 Å². The van der Waals surface area contributed by atoms with Crippen LogP contribution in [0.1, 0.15) is 18.9 Å². The van der Waals surface area contributed by atoms with E-state index in [1.54, 1.807) is 22.8 Å². The Bertz CT molecular complexity index is 976. The first-order chi connectivity index (χ1) is 12.8. The maximum absolute atomic E-state index is 10.7. The number of hydrogen-bond donors (Lipinski definition) is 0. The lowest BCUT2D eigenvalue weighted by molar-refractivity contribution is -0.385. The Morgan fingerprint density at radius 2 is 2.15 bits per heavy atom. The maximum atomic E-state index is 10.7. The molecule has 1 aromatic carbocycles. The van der Waals surface area contributed by atoms with Crippen LogP contribution in [0.4, 0.5) is 5.69 Å². The summed E-state index contributed by atoms with van der Waals surface area (Å²) in [6, 6.07) is 4.99. The Kier molecular flexibility index (Phi) is 5.88. The van der Waals surface area contributed by atoms with E-state index in [0.717, 1.165) is 0 Å². The number of nitrogens with zero attached hydrogens (tertiary/aromatic N) is 6. The molecule has 2 aromatic heterocycles. The first-order valence-corrected chi connectivity index (χ1v) is 9.40. The van der Waals surface area contributed by atoms with Crippen LogP contribution in [0.5, 0.6) is 5.75 Å². The average molecular weight is 429 g/mol. The Morgan fingerprint density at radius 1 is 1.37 bits per heavy atom. The first-order valence-electron chi connectivity index (χ1n) is 7.66. The van der Waals surface area contributed by atoms with Crippen molar-refractivity contribution in [3.63, 3.8) is 0 Å². The molecule has 12 heteroatoms. The molecule has 0 spiro atoms. The predicted octanol–water partition coefficient (Wildman–Crippen LogP) is 4.12. The van der Waals surface area contributed by atoms with Crippen molar-refractivity contribution in [2.45, 2.75) is 24.1 Å². The van der Waals surface area contributed by atoms with Gasteiger partial charge >= 0.3 is 5.69 Å². The molecule has 0 bridgehead atoms. The van der Waals surface area contributed by atoms with Crippen molar-refractivity contribution in [3.8, 4) is 5.75 Å².